The molecule has 0 aromatic carbocycles. The van der Waals surface area contributed by atoms with Crippen molar-refractivity contribution in [3.8, 4) is 0 Å². The third kappa shape index (κ3) is 3.86. The minimum Gasteiger partial charge on any atom is -0.478 e. The Labute approximate surface area is 108 Å². The number of hydrogen-bond donors (Lipinski definition) is 2. The Morgan fingerprint density at radius 1 is 1.06 bits per heavy atom. The number of aliphatic carboxylic acids is 2. The largest absolute Gasteiger partial charge is 0.478 e. The molecule has 1 saturated carbocycles. The molecule has 1 aliphatic rings. The van der Waals surface area contributed by atoms with Crippen molar-refractivity contribution in [1.29, 1.82) is 0 Å². The summed E-state index contributed by atoms with van der Waals surface area (Å²) in [7, 11) is 0. The highest BCUT2D eigenvalue weighted by molar-refractivity contribution is 5.99. The number of hydrogen-bond acceptors (Lipinski definition) is 2. The van der Waals surface area contributed by atoms with Crippen LogP contribution in [0.15, 0.2) is 11.1 Å². The fraction of sp³-hybridized carbons (Fsp3) is 0.714. The van der Waals surface area contributed by atoms with Crippen molar-refractivity contribution in [2.24, 2.45) is 5.92 Å². The zero-order chi connectivity index (χ0) is 13.5. The highest BCUT2D eigenvalue weighted by Gasteiger charge is 2.29. The van der Waals surface area contributed by atoms with Gasteiger partial charge in [-0.15, -0.1) is 0 Å². The predicted octanol–water partition coefficient (Wildman–Crippen LogP) is 3.22. The summed E-state index contributed by atoms with van der Waals surface area (Å²) in [4.78, 5) is 22.6. The predicted molar refractivity (Wildman–Crippen MR) is 68.4 cm³/mol. The van der Waals surface area contributed by atoms with Gasteiger partial charge in [0.25, 0.3) is 0 Å². The molecular formula is C14H22O4. The summed E-state index contributed by atoms with van der Waals surface area (Å²) in [6.07, 6.45) is 6.70. The zero-order valence-electron chi connectivity index (χ0n) is 10.9. The first-order chi connectivity index (χ1) is 8.57. The van der Waals surface area contributed by atoms with Crippen molar-refractivity contribution in [2.45, 2.75) is 58.3 Å². The lowest BCUT2D eigenvalue weighted by Crippen LogP contribution is -2.17. The molecule has 0 bridgehead atoms. The van der Waals surface area contributed by atoms with Crippen LogP contribution in [0.1, 0.15) is 58.3 Å². The minimum absolute atomic E-state index is 0.0600. The molecule has 0 spiro atoms. The maximum Gasteiger partial charge on any atom is 0.332 e. The van der Waals surface area contributed by atoms with Gasteiger partial charge >= 0.3 is 11.9 Å². The van der Waals surface area contributed by atoms with Crippen molar-refractivity contribution in [3.63, 3.8) is 0 Å². The van der Waals surface area contributed by atoms with Gasteiger partial charge in [0.05, 0.1) is 5.57 Å². The fourth-order valence-electron chi connectivity index (χ4n) is 2.67. The highest BCUT2D eigenvalue weighted by Crippen LogP contribution is 2.34. The molecule has 1 fully saturated rings. The van der Waals surface area contributed by atoms with E-state index in [4.69, 9.17) is 0 Å². The van der Waals surface area contributed by atoms with Crippen LogP contribution in [-0.2, 0) is 9.59 Å². The van der Waals surface area contributed by atoms with Gasteiger partial charge in [0, 0.05) is 5.57 Å². The molecule has 0 aliphatic heterocycles. The summed E-state index contributed by atoms with van der Waals surface area (Å²) in [5, 5.41) is 18.5. The lowest BCUT2D eigenvalue weighted by Gasteiger charge is -2.14. The molecule has 18 heavy (non-hydrogen) atoms. The summed E-state index contributed by atoms with van der Waals surface area (Å²) in [5.41, 5.74) is 0.291. The number of carboxylic acid groups (broad SMARTS) is 2. The van der Waals surface area contributed by atoms with Crippen LogP contribution in [0.4, 0.5) is 0 Å². The third-order valence-electron chi connectivity index (χ3n) is 3.61. The summed E-state index contributed by atoms with van der Waals surface area (Å²) in [6, 6.07) is 0. The lowest BCUT2D eigenvalue weighted by molar-refractivity contribution is -0.136. The molecule has 0 aromatic heterocycles. The van der Waals surface area contributed by atoms with Crippen LogP contribution in [0.25, 0.3) is 0 Å². The standard InChI is InChI=1S/C14H22O4/c1-2-3-4-9-11(13(15)16)12(14(17)18)10-7-5-6-8-10/h10H,2-9H2,1H3,(H,15,16)(H,17,18). The Kier molecular flexibility index (Phi) is 5.89. The molecule has 0 radical (unpaired) electrons. The SMILES string of the molecule is CCCCCC(C(=O)O)=C(C(=O)O)C1CCCC1. The van der Waals surface area contributed by atoms with Crippen LogP contribution in [0.3, 0.4) is 0 Å². The quantitative estimate of drug-likeness (QED) is 0.540. The van der Waals surface area contributed by atoms with E-state index in [0.29, 0.717) is 6.42 Å². The van der Waals surface area contributed by atoms with Gasteiger partial charge < -0.3 is 10.2 Å². The monoisotopic (exact) mass is 254 g/mol. The van der Waals surface area contributed by atoms with E-state index >= 15 is 0 Å². The zero-order valence-corrected chi connectivity index (χ0v) is 10.9. The number of unbranched alkanes of at least 4 members (excludes halogenated alkanes) is 2. The van der Waals surface area contributed by atoms with Crippen LogP contribution in [0.2, 0.25) is 0 Å². The average Bonchev–Trinajstić information content (AvgIpc) is 2.80. The number of carboxylic acids is 2. The van der Waals surface area contributed by atoms with E-state index in [0.717, 1.165) is 44.9 Å². The van der Waals surface area contributed by atoms with E-state index in [1.807, 2.05) is 6.92 Å². The van der Waals surface area contributed by atoms with Gasteiger partial charge in [-0.25, -0.2) is 9.59 Å². The van der Waals surface area contributed by atoms with Gasteiger partial charge in [-0.2, -0.15) is 0 Å². The van der Waals surface area contributed by atoms with Crippen molar-refractivity contribution in [1.82, 2.24) is 0 Å². The Morgan fingerprint density at radius 3 is 2.11 bits per heavy atom. The normalized spacial score (nSPS) is 17.6. The molecule has 0 heterocycles. The second kappa shape index (κ2) is 7.19. The van der Waals surface area contributed by atoms with Crippen LogP contribution >= 0.6 is 0 Å². The first-order valence-electron chi connectivity index (χ1n) is 6.77. The minimum atomic E-state index is -1.06. The molecule has 0 atom stereocenters. The molecule has 2 N–H and O–H groups in total. The Hall–Kier alpha value is -1.32. The summed E-state index contributed by atoms with van der Waals surface area (Å²) in [5.74, 6) is -2.17. The summed E-state index contributed by atoms with van der Waals surface area (Å²) < 4.78 is 0. The van der Waals surface area contributed by atoms with E-state index < -0.39 is 11.9 Å². The molecule has 4 nitrogen and oxygen atoms in total. The highest BCUT2D eigenvalue weighted by atomic mass is 16.4. The van der Waals surface area contributed by atoms with E-state index in [1.54, 1.807) is 0 Å². The van der Waals surface area contributed by atoms with E-state index in [-0.39, 0.29) is 17.1 Å². The van der Waals surface area contributed by atoms with Gasteiger partial charge in [-0.05, 0) is 31.6 Å². The molecule has 0 amide bonds. The molecule has 102 valence electrons. The van der Waals surface area contributed by atoms with Gasteiger partial charge in [-0.3, -0.25) is 0 Å². The summed E-state index contributed by atoms with van der Waals surface area (Å²) in [6.45, 7) is 2.04. The second-order valence-corrected chi connectivity index (χ2v) is 4.94. The van der Waals surface area contributed by atoms with Crippen molar-refractivity contribution >= 4 is 11.9 Å². The van der Waals surface area contributed by atoms with Gasteiger partial charge in [0.1, 0.15) is 0 Å². The Bertz CT molecular complexity index is 338. The number of rotatable bonds is 7. The van der Waals surface area contributed by atoms with E-state index in [1.165, 1.54) is 0 Å². The third-order valence-corrected chi connectivity index (χ3v) is 3.61. The van der Waals surface area contributed by atoms with Crippen molar-refractivity contribution in [2.75, 3.05) is 0 Å². The number of carbonyl (C=O) groups is 2. The lowest BCUT2D eigenvalue weighted by atomic mass is 9.90. The molecular weight excluding hydrogens is 232 g/mol. The molecule has 1 rings (SSSR count). The van der Waals surface area contributed by atoms with Crippen LogP contribution in [-0.4, -0.2) is 22.2 Å². The van der Waals surface area contributed by atoms with Crippen LogP contribution in [0, 0.1) is 5.92 Å². The average molecular weight is 254 g/mol. The first-order valence-corrected chi connectivity index (χ1v) is 6.77. The van der Waals surface area contributed by atoms with Crippen LogP contribution < -0.4 is 0 Å². The fourth-order valence-corrected chi connectivity index (χ4v) is 2.67. The molecule has 0 aromatic rings. The second-order valence-electron chi connectivity index (χ2n) is 4.94. The smallest absolute Gasteiger partial charge is 0.332 e. The molecule has 0 saturated heterocycles. The molecule has 1 aliphatic carbocycles. The molecule has 0 unspecified atom stereocenters. The molecule has 4 heteroatoms. The maximum atomic E-state index is 11.3. The topological polar surface area (TPSA) is 74.6 Å². The summed E-state index contributed by atoms with van der Waals surface area (Å²) >= 11 is 0. The Morgan fingerprint density at radius 2 is 1.67 bits per heavy atom. The van der Waals surface area contributed by atoms with E-state index in [2.05, 4.69) is 0 Å². The van der Waals surface area contributed by atoms with Crippen molar-refractivity contribution in [3.05, 3.63) is 11.1 Å². The maximum absolute atomic E-state index is 11.3. The van der Waals surface area contributed by atoms with Crippen LogP contribution in [0.5, 0.6) is 0 Å². The van der Waals surface area contributed by atoms with Gasteiger partial charge in [0.15, 0.2) is 0 Å². The Balaban J connectivity index is 2.93. The van der Waals surface area contributed by atoms with Gasteiger partial charge in [0.2, 0.25) is 0 Å². The van der Waals surface area contributed by atoms with Crippen molar-refractivity contribution < 1.29 is 19.8 Å². The van der Waals surface area contributed by atoms with Gasteiger partial charge in [-0.1, -0.05) is 32.6 Å². The van der Waals surface area contributed by atoms with E-state index in [9.17, 15) is 19.8 Å². The first kappa shape index (κ1) is 14.7.